The highest BCUT2D eigenvalue weighted by molar-refractivity contribution is 5.76. The van der Waals surface area contributed by atoms with Crippen LogP contribution in [0.5, 0.6) is 0 Å². The molecule has 2 saturated carbocycles. The number of carbonyl (C=O) groups is 1. The van der Waals surface area contributed by atoms with Gasteiger partial charge in [0.2, 0.25) is 0 Å². The number of aliphatic hydroxyl groups is 1. The van der Waals surface area contributed by atoms with Gasteiger partial charge in [-0.1, -0.05) is 38.2 Å². The number of rotatable bonds is 10. The Bertz CT molecular complexity index is 721. The van der Waals surface area contributed by atoms with E-state index in [-0.39, 0.29) is 23.6 Å². The highest BCUT2D eigenvalue weighted by Gasteiger charge is 2.48. The van der Waals surface area contributed by atoms with Crippen LogP contribution in [0.2, 0.25) is 0 Å². The average Bonchev–Trinajstić information content (AvgIpc) is 2.75. The van der Waals surface area contributed by atoms with Gasteiger partial charge in [0.15, 0.2) is 0 Å². The third-order valence-corrected chi connectivity index (χ3v) is 8.16. The van der Waals surface area contributed by atoms with Crippen LogP contribution in [0.4, 0.5) is 0 Å². The first-order valence-corrected chi connectivity index (χ1v) is 12.7. The molecule has 0 aromatic carbocycles. The molecule has 4 nitrogen and oxygen atoms in total. The fourth-order valence-electron chi connectivity index (χ4n) is 4.98. The van der Waals surface area contributed by atoms with E-state index in [1.54, 1.807) is 0 Å². The zero-order valence-corrected chi connectivity index (χ0v) is 22.0. The minimum absolute atomic E-state index is 0.0223. The van der Waals surface area contributed by atoms with Crippen molar-refractivity contribution in [3.8, 4) is 0 Å². The Kier molecular flexibility index (Phi) is 9.20. The second-order valence-corrected chi connectivity index (χ2v) is 12.1. The van der Waals surface area contributed by atoms with E-state index in [1.807, 2.05) is 26.0 Å². The van der Waals surface area contributed by atoms with E-state index in [2.05, 4.69) is 47.4 Å². The summed E-state index contributed by atoms with van der Waals surface area (Å²) in [6, 6.07) is 0. The fraction of sp³-hybridized carbons (Fsp3) is 0.759. The van der Waals surface area contributed by atoms with Gasteiger partial charge in [0, 0.05) is 0 Å². The Morgan fingerprint density at radius 3 is 2.33 bits per heavy atom. The van der Waals surface area contributed by atoms with Gasteiger partial charge in [-0.15, -0.1) is 13.2 Å². The molecule has 2 fully saturated rings. The van der Waals surface area contributed by atoms with E-state index in [9.17, 15) is 9.90 Å². The lowest BCUT2D eigenvalue weighted by Crippen LogP contribution is -2.54. The first-order valence-electron chi connectivity index (χ1n) is 12.7. The van der Waals surface area contributed by atoms with Crippen molar-refractivity contribution in [2.45, 2.75) is 117 Å². The normalized spacial score (nSPS) is 33.2. The molecule has 6 unspecified atom stereocenters. The van der Waals surface area contributed by atoms with Gasteiger partial charge >= 0.3 is 5.97 Å². The van der Waals surface area contributed by atoms with Crippen LogP contribution in [-0.4, -0.2) is 35.0 Å². The summed E-state index contributed by atoms with van der Waals surface area (Å²) in [5.74, 6) is 0.463. The molecule has 0 amide bonds. The van der Waals surface area contributed by atoms with Crippen LogP contribution in [-0.2, 0) is 14.3 Å². The second-order valence-electron chi connectivity index (χ2n) is 12.1. The minimum Gasteiger partial charge on any atom is -0.459 e. The number of hydrogen-bond donors (Lipinski definition) is 1. The monoisotopic (exact) mass is 460 g/mol. The second kappa shape index (κ2) is 10.9. The highest BCUT2D eigenvalue weighted by Crippen LogP contribution is 2.43. The Morgan fingerprint density at radius 1 is 1.12 bits per heavy atom. The lowest BCUT2D eigenvalue weighted by Gasteiger charge is -2.47. The Labute approximate surface area is 202 Å². The summed E-state index contributed by atoms with van der Waals surface area (Å²) >= 11 is 0. The van der Waals surface area contributed by atoms with Gasteiger partial charge in [-0.25, -0.2) is 0 Å². The Morgan fingerprint density at radius 2 is 1.79 bits per heavy atom. The van der Waals surface area contributed by atoms with Gasteiger partial charge in [-0.05, 0) is 96.3 Å². The van der Waals surface area contributed by atoms with Crippen molar-refractivity contribution in [3.63, 3.8) is 0 Å². The number of aliphatic hydroxyl groups excluding tert-OH is 1. The standard InChI is InChI=1S/C29H48O4/c1-10-21-12-13-24(23(30)18-21)33-29(9)15-14-22(20(3)4)19-25(29)32-26(31)28(7,8)17-16-27(5,6)11-2/h10-11,21-25,30H,1-3,12-19H2,4-9H3. The Hall–Kier alpha value is -1.39. The van der Waals surface area contributed by atoms with Crippen molar-refractivity contribution < 1.29 is 19.4 Å². The molecule has 2 aliphatic carbocycles. The lowest BCUT2D eigenvalue weighted by atomic mass is 9.74. The maximum atomic E-state index is 13.4. The van der Waals surface area contributed by atoms with Gasteiger partial charge in [-0.2, -0.15) is 0 Å². The van der Waals surface area contributed by atoms with Crippen LogP contribution < -0.4 is 0 Å². The molecule has 6 atom stereocenters. The summed E-state index contributed by atoms with van der Waals surface area (Å²) in [6.07, 6.45) is 9.22. The topological polar surface area (TPSA) is 55.8 Å². The zero-order valence-electron chi connectivity index (χ0n) is 22.0. The van der Waals surface area contributed by atoms with Crippen molar-refractivity contribution in [3.05, 3.63) is 37.5 Å². The van der Waals surface area contributed by atoms with E-state index in [1.165, 1.54) is 0 Å². The summed E-state index contributed by atoms with van der Waals surface area (Å²) in [5.41, 5.74) is -0.119. The van der Waals surface area contributed by atoms with Crippen LogP contribution in [0.25, 0.3) is 0 Å². The fourth-order valence-corrected chi connectivity index (χ4v) is 4.98. The van der Waals surface area contributed by atoms with Gasteiger partial charge in [-0.3, -0.25) is 4.79 Å². The van der Waals surface area contributed by atoms with Gasteiger partial charge in [0.1, 0.15) is 11.7 Å². The molecule has 0 aliphatic heterocycles. The van der Waals surface area contributed by atoms with Crippen molar-refractivity contribution >= 4 is 5.97 Å². The molecule has 1 N–H and O–H groups in total. The molecule has 0 heterocycles. The molecular weight excluding hydrogens is 412 g/mol. The van der Waals surface area contributed by atoms with Crippen LogP contribution in [0.3, 0.4) is 0 Å². The first kappa shape index (κ1) is 27.9. The SMILES string of the molecule is C=CC1CCC(OC2(C)CCC(C(=C)C)CC2OC(=O)C(C)(C)CCC(C)(C)C=C)C(O)C1. The quantitative estimate of drug-likeness (QED) is 0.288. The molecule has 2 rings (SSSR count). The van der Waals surface area contributed by atoms with Crippen LogP contribution in [0.15, 0.2) is 37.5 Å². The Balaban J connectivity index is 2.15. The maximum absolute atomic E-state index is 13.4. The molecule has 0 radical (unpaired) electrons. The molecule has 188 valence electrons. The van der Waals surface area contributed by atoms with E-state index in [0.29, 0.717) is 24.7 Å². The average molecular weight is 461 g/mol. The van der Waals surface area contributed by atoms with Gasteiger partial charge < -0.3 is 14.6 Å². The van der Waals surface area contributed by atoms with Crippen molar-refractivity contribution in [1.82, 2.24) is 0 Å². The summed E-state index contributed by atoms with van der Waals surface area (Å²) in [5, 5.41) is 10.7. The zero-order chi connectivity index (χ0) is 25.0. The first-order chi connectivity index (χ1) is 15.2. The molecule has 0 saturated heterocycles. The lowest BCUT2D eigenvalue weighted by molar-refractivity contribution is -0.217. The van der Waals surface area contributed by atoms with E-state index >= 15 is 0 Å². The molecule has 2 aliphatic rings. The summed E-state index contributed by atoms with van der Waals surface area (Å²) in [4.78, 5) is 13.4. The third-order valence-electron chi connectivity index (χ3n) is 8.16. The number of carbonyl (C=O) groups excluding carboxylic acids is 1. The summed E-state index contributed by atoms with van der Waals surface area (Å²) in [7, 11) is 0. The smallest absolute Gasteiger partial charge is 0.311 e. The van der Waals surface area contributed by atoms with Gasteiger partial charge in [0.05, 0.1) is 17.6 Å². The maximum Gasteiger partial charge on any atom is 0.311 e. The van der Waals surface area contributed by atoms with Crippen LogP contribution in [0, 0.1) is 22.7 Å². The van der Waals surface area contributed by atoms with Crippen molar-refractivity contribution in [2.75, 3.05) is 0 Å². The molecule has 0 spiro atoms. The van der Waals surface area contributed by atoms with E-state index < -0.39 is 17.1 Å². The van der Waals surface area contributed by atoms with Crippen LogP contribution in [0.1, 0.15) is 92.9 Å². The summed E-state index contributed by atoms with van der Waals surface area (Å²) < 4.78 is 12.8. The number of hydrogen-bond acceptors (Lipinski definition) is 4. The summed E-state index contributed by atoms with van der Waals surface area (Å²) in [6.45, 7) is 24.3. The number of allylic oxidation sites excluding steroid dienone is 3. The number of ether oxygens (including phenoxy) is 2. The van der Waals surface area contributed by atoms with E-state index in [4.69, 9.17) is 9.47 Å². The van der Waals surface area contributed by atoms with E-state index in [0.717, 1.165) is 44.1 Å². The molecule has 0 aromatic heterocycles. The largest absolute Gasteiger partial charge is 0.459 e. The molecule has 0 aromatic rings. The molecule has 4 heteroatoms. The minimum atomic E-state index is -0.620. The van der Waals surface area contributed by atoms with Crippen LogP contribution >= 0.6 is 0 Å². The highest BCUT2D eigenvalue weighted by atomic mass is 16.6. The predicted octanol–water partition coefficient (Wildman–Crippen LogP) is 6.78. The van der Waals surface area contributed by atoms with Gasteiger partial charge in [0.25, 0.3) is 0 Å². The number of esters is 1. The molecule has 33 heavy (non-hydrogen) atoms. The predicted molar refractivity (Wildman–Crippen MR) is 136 cm³/mol. The van der Waals surface area contributed by atoms with Crippen molar-refractivity contribution in [2.24, 2.45) is 22.7 Å². The third kappa shape index (κ3) is 7.29. The van der Waals surface area contributed by atoms with Crippen molar-refractivity contribution in [1.29, 1.82) is 0 Å². The molecule has 0 bridgehead atoms. The molecular formula is C29H48O4.